The Morgan fingerprint density at radius 2 is 1.34 bits per heavy atom. The standard InChI is InChI=1S/C19H16F4O4S2/c1-3-5-9-12(4-2)28(24,25)18-14(20)16(22)19(17(23)15(18)21)29(26,27)13-10-7-6-8-11-13/h3,5-11H,4H2,1-2H3/b5-3-,12-9+. The third kappa shape index (κ3) is 3.99. The Hall–Kier alpha value is -2.46. The molecule has 0 amide bonds. The highest BCUT2D eigenvalue weighted by Crippen LogP contribution is 2.36. The van der Waals surface area contributed by atoms with Gasteiger partial charge in [-0.1, -0.05) is 37.3 Å². The topological polar surface area (TPSA) is 68.3 Å². The van der Waals surface area contributed by atoms with Gasteiger partial charge in [0.1, 0.15) is 9.79 Å². The molecule has 0 saturated carbocycles. The van der Waals surface area contributed by atoms with Crippen molar-refractivity contribution in [3.8, 4) is 0 Å². The predicted octanol–water partition coefficient (Wildman–Crippen LogP) is 4.72. The summed E-state index contributed by atoms with van der Waals surface area (Å²) in [4.78, 5) is -4.90. The van der Waals surface area contributed by atoms with Crippen molar-refractivity contribution in [2.75, 3.05) is 0 Å². The van der Waals surface area contributed by atoms with Crippen molar-refractivity contribution in [1.82, 2.24) is 0 Å². The smallest absolute Gasteiger partial charge is 0.212 e. The zero-order valence-corrected chi connectivity index (χ0v) is 16.9. The molecule has 2 aromatic rings. The molecule has 0 aliphatic heterocycles. The lowest BCUT2D eigenvalue weighted by Gasteiger charge is -2.14. The van der Waals surface area contributed by atoms with Gasteiger partial charge in [0.15, 0.2) is 23.3 Å². The zero-order valence-electron chi connectivity index (χ0n) is 15.3. The Morgan fingerprint density at radius 3 is 1.79 bits per heavy atom. The third-order valence-electron chi connectivity index (χ3n) is 3.94. The Labute approximate surface area is 166 Å². The Morgan fingerprint density at radius 1 is 0.862 bits per heavy atom. The van der Waals surface area contributed by atoms with Crippen LogP contribution in [0.4, 0.5) is 17.6 Å². The first-order valence-electron chi connectivity index (χ1n) is 8.24. The number of allylic oxidation sites excluding steroid dienone is 4. The molecular formula is C19H16F4O4S2. The molecule has 2 rings (SSSR count). The van der Waals surface area contributed by atoms with Crippen LogP contribution in [0.25, 0.3) is 0 Å². The van der Waals surface area contributed by atoms with Gasteiger partial charge in [0.05, 0.1) is 4.90 Å². The minimum absolute atomic E-state index is 0.223. The second kappa shape index (κ2) is 8.50. The van der Waals surface area contributed by atoms with Gasteiger partial charge in [0.2, 0.25) is 19.7 Å². The molecule has 4 nitrogen and oxygen atoms in total. The Bertz CT molecular complexity index is 1170. The van der Waals surface area contributed by atoms with E-state index in [2.05, 4.69) is 0 Å². The monoisotopic (exact) mass is 448 g/mol. The van der Waals surface area contributed by atoms with Crippen LogP contribution in [0.15, 0.2) is 68.2 Å². The van der Waals surface area contributed by atoms with Gasteiger partial charge in [-0.2, -0.15) is 0 Å². The number of rotatable bonds is 6. The van der Waals surface area contributed by atoms with E-state index in [-0.39, 0.29) is 6.42 Å². The van der Waals surface area contributed by atoms with Gasteiger partial charge < -0.3 is 0 Å². The van der Waals surface area contributed by atoms with E-state index < -0.39 is 62.5 Å². The summed E-state index contributed by atoms with van der Waals surface area (Å²) >= 11 is 0. The molecule has 0 aromatic heterocycles. The molecule has 0 aliphatic rings. The lowest BCUT2D eigenvalue weighted by Crippen LogP contribution is -2.17. The molecular weight excluding hydrogens is 432 g/mol. The van der Waals surface area contributed by atoms with E-state index >= 15 is 0 Å². The molecule has 2 aromatic carbocycles. The molecule has 0 fully saturated rings. The van der Waals surface area contributed by atoms with Crippen molar-refractivity contribution in [1.29, 1.82) is 0 Å². The van der Waals surface area contributed by atoms with Crippen LogP contribution in [0, 0.1) is 23.3 Å². The fourth-order valence-electron chi connectivity index (χ4n) is 2.51. The summed E-state index contributed by atoms with van der Waals surface area (Å²) in [6, 6.07) is 5.86. The van der Waals surface area contributed by atoms with E-state index in [1.807, 2.05) is 0 Å². The quantitative estimate of drug-likeness (QED) is 0.364. The molecule has 0 radical (unpaired) electrons. The Kier molecular flexibility index (Phi) is 6.69. The van der Waals surface area contributed by atoms with Crippen LogP contribution in [0.1, 0.15) is 20.3 Å². The van der Waals surface area contributed by atoms with Gasteiger partial charge in [-0.25, -0.2) is 34.4 Å². The highest BCUT2D eigenvalue weighted by atomic mass is 32.2. The van der Waals surface area contributed by atoms with Crippen molar-refractivity contribution >= 4 is 19.7 Å². The van der Waals surface area contributed by atoms with Crippen LogP contribution in [0.2, 0.25) is 0 Å². The van der Waals surface area contributed by atoms with Gasteiger partial charge in [-0.15, -0.1) is 0 Å². The maximum Gasteiger partial charge on any atom is 0.212 e. The van der Waals surface area contributed by atoms with Crippen molar-refractivity contribution in [3.63, 3.8) is 0 Å². The van der Waals surface area contributed by atoms with Gasteiger partial charge in [0.25, 0.3) is 0 Å². The molecule has 156 valence electrons. The van der Waals surface area contributed by atoms with Crippen LogP contribution in [-0.4, -0.2) is 16.8 Å². The van der Waals surface area contributed by atoms with Gasteiger partial charge in [-0.3, -0.25) is 0 Å². The van der Waals surface area contributed by atoms with Gasteiger partial charge in [-0.05, 0) is 31.6 Å². The highest BCUT2D eigenvalue weighted by molar-refractivity contribution is 7.95. The molecule has 0 saturated heterocycles. The number of benzene rings is 2. The minimum atomic E-state index is -5.00. The lowest BCUT2D eigenvalue weighted by molar-refractivity contribution is 0.391. The summed E-state index contributed by atoms with van der Waals surface area (Å²) < 4.78 is 108. The number of hydrogen-bond acceptors (Lipinski definition) is 4. The maximum absolute atomic E-state index is 14.6. The van der Waals surface area contributed by atoms with E-state index in [0.29, 0.717) is 0 Å². The van der Waals surface area contributed by atoms with Crippen molar-refractivity contribution in [2.24, 2.45) is 0 Å². The zero-order chi connectivity index (χ0) is 22.0. The van der Waals surface area contributed by atoms with Gasteiger partial charge >= 0.3 is 0 Å². The van der Waals surface area contributed by atoms with Crippen LogP contribution in [0.5, 0.6) is 0 Å². The number of halogens is 4. The first kappa shape index (κ1) is 22.8. The molecule has 0 atom stereocenters. The molecule has 0 bridgehead atoms. The maximum atomic E-state index is 14.6. The fraction of sp³-hybridized carbons (Fsp3) is 0.158. The van der Waals surface area contributed by atoms with Crippen LogP contribution >= 0.6 is 0 Å². The van der Waals surface area contributed by atoms with E-state index in [0.717, 1.165) is 18.2 Å². The number of hydrogen-bond donors (Lipinski definition) is 0. The first-order chi connectivity index (χ1) is 13.5. The second-order valence-corrected chi connectivity index (χ2v) is 9.57. The molecule has 29 heavy (non-hydrogen) atoms. The van der Waals surface area contributed by atoms with Crippen LogP contribution in [0.3, 0.4) is 0 Å². The summed E-state index contributed by atoms with van der Waals surface area (Å²) in [6.45, 7) is 2.92. The third-order valence-corrected chi connectivity index (χ3v) is 7.74. The van der Waals surface area contributed by atoms with Gasteiger partial charge in [0, 0.05) is 4.91 Å². The lowest BCUT2D eigenvalue weighted by atomic mass is 10.3. The highest BCUT2D eigenvalue weighted by Gasteiger charge is 2.39. The summed E-state index contributed by atoms with van der Waals surface area (Å²) in [7, 11) is -9.97. The molecule has 0 aliphatic carbocycles. The van der Waals surface area contributed by atoms with Crippen molar-refractivity contribution in [2.45, 2.75) is 35.0 Å². The summed E-state index contributed by atoms with van der Waals surface area (Å²) in [5.41, 5.74) is 0. The Balaban J connectivity index is 2.87. The molecule has 0 N–H and O–H groups in total. The van der Waals surface area contributed by atoms with E-state index in [1.165, 1.54) is 37.3 Å². The molecule has 0 heterocycles. The molecule has 0 spiro atoms. The number of sulfone groups is 2. The van der Waals surface area contributed by atoms with E-state index in [9.17, 15) is 34.4 Å². The average molecular weight is 448 g/mol. The first-order valence-corrected chi connectivity index (χ1v) is 11.2. The average Bonchev–Trinajstić information content (AvgIpc) is 2.67. The summed E-state index contributed by atoms with van der Waals surface area (Å²) in [5.74, 6) is -9.24. The van der Waals surface area contributed by atoms with E-state index in [1.54, 1.807) is 6.92 Å². The summed E-state index contributed by atoms with van der Waals surface area (Å²) in [6.07, 6.45) is 3.51. The van der Waals surface area contributed by atoms with Crippen LogP contribution < -0.4 is 0 Å². The van der Waals surface area contributed by atoms with Crippen molar-refractivity contribution < 1.29 is 34.4 Å². The normalized spacial score (nSPS) is 13.2. The molecule has 10 heteroatoms. The SMILES string of the molecule is C/C=C\C=C(/CC)S(=O)(=O)c1c(F)c(F)c(S(=O)(=O)c2ccccc2)c(F)c1F. The predicted molar refractivity (Wildman–Crippen MR) is 98.5 cm³/mol. The summed E-state index contributed by atoms with van der Waals surface area (Å²) in [5, 5.41) is 0. The van der Waals surface area contributed by atoms with Crippen molar-refractivity contribution in [3.05, 3.63) is 76.7 Å². The van der Waals surface area contributed by atoms with Crippen LogP contribution in [-0.2, 0) is 19.7 Å². The second-order valence-electron chi connectivity index (χ2n) is 5.75. The minimum Gasteiger partial charge on any atom is -0.219 e. The largest absolute Gasteiger partial charge is 0.219 e. The van der Waals surface area contributed by atoms with E-state index in [4.69, 9.17) is 0 Å². The molecule has 0 unspecified atom stereocenters. The fourth-order valence-corrected chi connectivity index (χ4v) is 5.47.